The molecule has 12 heteroatoms. The normalized spacial score (nSPS) is 14.5. The topological polar surface area (TPSA) is 95.7 Å². The van der Waals surface area contributed by atoms with Crippen molar-refractivity contribution in [2.24, 2.45) is 15.3 Å². The Hall–Kier alpha value is -3.95. The van der Waals surface area contributed by atoms with Crippen LogP contribution in [0.5, 0.6) is 5.75 Å². The van der Waals surface area contributed by atoms with Crippen molar-refractivity contribution in [1.82, 2.24) is 0 Å². The first kappa shape index (κ1) is 47.1. The summed E-state index contributed by atoms with van der Waals surface area (Å²) in [6.07, 6.45) is 18.1. The van der Waals surface area contributed by atoms with Crippen LogP contribution in [0.2, 0.25) is 20.1 Å². The van der Waals surface area contributed by atoms with Crippen LogP contribution in [0.25, 0.3) is 0 Å². The van der Waals surface area contributed by atoms with Gasteiger partial charge in [-0.05, 0) is 91.9 Å². The molecule has 4 aromatic rings. The quantitative estimate of drug-likeness (QED) is 0.0560. The number of carbonyl (C=O) groups excluding carboxylic acids is 2. The van der Waals surface area contributed by atoms with Gasteiger partial charge in [0.2, 0.25) is 0 Å². The third kappa shape index (κ3) is 14.3. The van der Waals surface area contributed by atoms with Gasteiger partial charge in [0.15, 0.2) is 12.1 Å². The predicted molar refractivity (Wildman–Crippen MR) is 250 cm³/mol. The summed E-state index contributed by atoms with van der Waals surface area (Å²) in [7, 11) is 0. The molecule has 0 aliphatic carbocycles. The first-order valence-corrected chi connectivity index (χ1v) is 23.0. The highest BCUT2D eigenvalue weighted by atomic mass is 35.5. The molecule has 1 aliphatic rings. The number of halogens is 4. The van der Waals surface area contributed by atoms with E-state index in [-0.39, 0.29) is 28.1 Å². The fraction of sp³-hybridized carbons (Fsp3) is 0.438. The molecule has 5 rings (SSSR count). The zero-order valence-corrected chi connectivity index (χ0v) is 38.0. The fourth-order valence-electron chi connectivity index (χ4n) is 7.19. The number of benzene rings is 4. The molecule has 0 radical (unpaired) electrons. The molecule has 0 saturated heterocycles. The molecule has 1 aliphatic heterocycles. The fourth-order valence-corrected chi connectivity index (χ4v) is 8.35. The van der Waals surface area contributed by atoms with E-state index in [1.165, 1.54) is 94.7 Å². The average Bonchev–Trinajstić information content (AvgIpc) is 3.52. The highest BCUT2D eigenvalue weighted by Gasteiger charge is 2.39. The van der Waals surface area contributed by atoms with Crippen LogP contribution in [0, 0.1) is 6.92 Å². The standard InChI is InChI=1S/C48H57Cl4N5O3/c1-4-6-7-8-9-10-11-12-13-14-15-16-17-19-34-20-18-21-39(28-34)60-44(5-2)47(58)53-38-26-27-40(50)35(29-38)30-43-45(55-54-37-24-22-33(3)23-25-37)48(59)57(56-43)46-41(51)31-36(49)32-42(46)52/h18,20-29,31-32,44-45H,4-17,19,30H2,1-3H3,(H,53,58). The van der Waals surface area contributed by atoms with E-state index < -0.39 is 18.1 Å². The molecule has 0 bridgehead atoms. The Kier molecular flexibility index (Phi) is 19.2. The Morgan fingerprint density at radius 3 is 2.05 bits per heavy atom. The van der Waals surface area contributed by atoms with Gasteiger partial charge in [0.25, 0.3) is 11.8 Å². The van der Waals surface area contributed by atoms with Crippen molar-refractivity contribution in [3.8, 4) is 5.75 Å². The second-order valence-electron chi connectivity index (χ2n) is 15.5. The molecule has 1 heterocycles. The van der Waals surface area contributed by atoms with E-state index >= 15 is 0 Å². The number of rotatable bonds is 24. The van der Waals surface area contributed by atoms with E-state index in [0.29, 0.717) is 44.9 Å². The highest BCUT2D eigenvalue weighted by molar-refractivity contribution is 6.43. The minimum atomic E-state index is -1.10. The Labute approximate surface area is 376 Å². The summed E-state index contributed by atoms with van der Waals surface area (Å²) in [5.74, 6) is -0.117. The second kappa shape index (κ2) is 24.5. The number of hydrogen-bond acceptors (Lipinski definition) is 6. The molecule has 2 unspecified atom stereocenters. The van der Waals surface area contributed by atoms with Crippen LogP contribution in [-0.2, 0) is 22.4 Å². The molecule has 8 nitrogen and oxygen atoms in total. The number of amides is 2. The molecule has 60 heavy (non-hydrogen) atoms. The number of nitrogens with zero attached hydrogens (tertiary/aromatic N) is 4. The zero-order valence-electron chi connectivity index (χ0n) is 35.0. The SMILES string of the molecule is CCCCCCCCCCCCCCCc1cccc(OC(CC)C(=O)Nc2ccc(Cl)c(CC3=NN(c4c(Cl)cc(Cl)cc4Cl)C(=O)C3N=Nc3ccc(C)cc3)c2)c1. The molecule has 0 fully saturated rings. The van der Waals surface area contributed by atoms with Gasteiger partial charge >= 0.3 is 0 Å². The largest absolute Gasteiger partial charge is 0.481 e. The molecule has 4 aromatic carbocycles. The van der Waals surface area contributed by atoms with Crippen LogP contribution in [0.4, 0.5) is 17.1 Å². The molecule has 2 amide bonds. The molecule has 2 atom stereocenters. The van der Waals surface area contributed by atoms with Crippen molar-refractivity contribution < 1.29 is 14.3 Å². The van der Waals surface area contributed by atoms with Crippen molar-refractivity contribution in [2.45, 2.75) is 136 Å². The third-order valence-electron chi connectivity index (χ3n) is 10.6. The minimum Gasteiger partial charge on any atom is -0.481 e. The maximum Gasteiger partial charge on any atom is 0.280 e. The number of ether oxygens (including phenoxy) is 1. The number of azo groups is 1. The summed E-state index contributed by atoms with van der Waals surface area (Å²) in [5, 5.41) is 18.6. The summed E-state index contributed by atoms with van der Waals surface area (Å²) >= 11 is 25.9. The average molecular weight is 894 g/mol. The lowest BCUT2D eigenvalue weighted by Gasteiger charge is -2.18. The number of nitrogens with one attached hydrogen (secondary N) is 1. The van der Waals surface area contributed by atoms with Gasteiger partial charge in [-0.2, -0.15) is 20.3 Å². The van der Waals surface area contributed by atoms with Gasteiger partial charge in [-0.15, -0.1) is 0 Å². The van der Waals surface area contributed by atoms with Gasteiger partial charge < -0.3 is 10.1 Å². The lowest BCUT2D eigenvalue weighted by atomic mass is 10.0. The Balaban J connectivity index is 1.18. The summed E-state index contributed by atoms with van der Waals surface area (Å²) < 4.78 is 6.24. The van der Waals surface area contributed by atoms with Crippen LogP contribution >= 0.6 is 46.4 Å². The Morgan fingerprint density at radius 1 is 0.783 bits per heavy atom. The third-order valence-corrected chi connectivity index (χ3v) is 11.8. The highest BCUT2D eigenvalue weighted by Crippen LogP contribution is 2.39. The number of carbonyl (C=O) groups is 2. The Morgan fingerprint density at radius 2 is 1.42 bits per heavy atom. The van der Waals surface area contributed by atoms with E-state index in [4.69, 9.17) is 51.1 Å². The van der Waals surface area contributed by atoms with Gasteiger partial charge in [0.05, 0.1) is 21.4 Å². The number of unbranched alkanes of at least 4 members (excludes halogenated alkanes) is 12. The zero-order chi connectivity index (χ0) is 42.9. The van der Waals surface area contributed by atoms with Crippen LogP contribution in [0.1, 0.15) is 120 Å². The van der Waals surface area contributed by atoms with Crippen molar-refractivity contribution in [1.29, 1.82) is 0 Å². The number of anilines is 2. The molecular weight excluding hydrogens is 836 g/mol. The molecule has 0 spiro atoms. The number of hydrazone groups is 1. The predicted octanol–water partition coefficient (Wildman–Crippen LogP) is 15.1. The Bertz CT molecular complexity index is 2070. The molecule has 320 valence electrons. The molecule has 0 aromatic heterocycles. The van der Waals surface area contributed by atoms with Crippen molar-refractivity contribution >= 4 is 81.0 Å². The summed E-state index contributed by atoms with van der Waals surface area (Å²) in [6.45, 7) is 6.16. The van der Waals surface area contributed by atoms with Crippen LogP contribution < -0.4 is 15.1 Å². The second-order valence-corrected chi connectivity index (χ2v) is 17.2. The summed E-state index contributed by atoms with van der Waals surface area (Å²) in [4.78, 5) is 27.5. The maximum atomic E-state index is 13.9. The lowest BCUT2D eigenvalue weighted by Crippen LogP contribution is -2.32. The van der Waals surface area contributed by atoms with Gasteiger partial charge in [-0.25, -0.2) is 0 Å². The van der Waals surface area contributed by atoms with Gasteiger partial charge in [-0.1, -0.05) is 167 Å². The van der Waals surface area contributed by atoms with Crippen LogP contribution in [-0.4, -0.2) is 29.7 Å². The van der Waals surface area contributed by atoms with E-state index in [0.717, 1.165) is 23.4 Å². The van der Waals surface area contributed by atoms with Gasteiger partial charge in [0.1, 0.15) is 11.4 Å². The smallest absolute Gasteiger partial charge is 0.280 e. The van der Waals surface area contributed by atoms with E-state index in [2.05, 4.69) is 33.6 Å². The lowest BCUT2D eigenvalue weighted by molar-refractivity contribution is -0.122. The molecule has 1 N–H and O–H groups in total. The number of hydrogen-bond donors (Lipinski definition) is 1. The number of aryl methyl sites for hydroxylation is 2. The van der Waals surface area contributed by atoms with Crippen molar-refractivity contribution in [2.75, 3.05) is 10.3 Å². The minimum absolute atomic E-state index is 0.116. The van der Waals surface area contributed by atoms with Gasteiger partial charge in [0, 0.05) is 22.2 Å². The monoisotopic (exact) mass is 891 g/mol. The first-order chi connectivity index (χ1) is 29.1. The van der Waals surface area contributed by atoms with Crippen LogP contribution in [0.15, 0.2) is 94.2 Å². The van der Waals surface area contributed by atoms with E-state index in [9.17, 15) is 9.59 Å². The van der Waals surface area contributed by atoms with Gasteiger partial charge in [-0.3, -0.25) is 9.59 Å². The summed E-state index contributed by atoms with van der Waals surface area (Å²) in [5.41, 5.74) is 4.51. The van der Waals surface area contributed by atoms with E-state index in [1.807, 2.05) is 56.3 Å². The molecule has 0 saturated carbocycles. The summed E-state index contributed by atoms with van der Waals surface area (Å²) in [6, 6.07) is 22.6. The first-order valence-electron chi connectivity index (χ1n) is 21.4. The maximum absolute atomic E-state index is 13.9. The van der Waals surface area contributed by atoms with E-state index in [1.54, 1.807) is 18.2 Å². The van der Waals surface area contributed by atoms with Crippen molar-refractivity contribution in [3.63, 3.8) is 0 Å². The van der Waals surface area contributed by atoms with Crippen molar-refractivity contribution in [3.05, 3.63) is 116 Å². The van der Waals surface area contributed by atoms with Crippen LogP contribution in [0.3, 0.4) is 0 Å². The molecular formula is C48H57Cl4N5O3.